The highest BCUT2D eigenvalue weighted by atomic mass is 79.9. The van der Waals surface area contributed by atoms with Gasteiger partial charge in [-0.25, -0.2) is 0 Å². The summed E-state index contributed by atoms with van der Waals surface area (Å²) in [5, 5.41) is 10.5. The minimum atomic E-state index is -0.0528. The molecule has 1 N–H and O–H groups in total. The number of carbonyl (C=O) groups excluding carboxylic acids is 1. The topological polar surface area (TPSA) is 64.7 Å². The van der Waals surface area contributed by atoms with Gasteiger partial charge in [-0.15, -0.1) is 5.10 Å². The van der Waals surface area contributed by atoms with Crippen molar-refractivity contribution in [3.05, 3.63) is 34.8 Å². The lowest BCUT2D eigenvalue weighted by Gasteiger charge is -2.12. The van der Waals surface area contributed by atoms with Gasteiger partial charge in [-0.2, -0.15) is 0 Å². The molecule has 1 amide bonds. The van der Waals surface area contributed by atoms with Gasteiger partial charge in [-0.3, -0.25) is 9.48 Å². The van der Waals surface area contributed by atoms with Gasteiger partial charge < -0.3 is 9.88 Å². The summed E-state index contributed by atoms with van der Waals surface area (Å²) >= 11 is 3.41. The van der Waals surface area contributed by atoms with Crippen molar-refractivity contribution in [2.45, 2.75) is 32.9 Å². The van der Waals surface area contributed by atoms with Crippen molar-refractivity contribution in [2.75, 3.05) is 6.54 Å². The Labute approximate surface area is 126 Å². The van der Waals surface area contributed by atoms with Crippen LogP contribution in [0.3, 0.4) is 0 Å². The van der Waals surface area contributed by atoms with Gasteiger partial charge in [0.15, 0.2) is 0 Å². The second kappa shape index (κ2) is 6.69. The van der Waals surface area contributed by atoms with Crippen molar-refractivity contribution in [3.63, 3.8) is 0 Å². The average Bonchev–Trinajstić information content (AvgIpc) is 3.03. The van der Waals surface area contributed by atoms with Gasteiger partial charge in [0.25, 0.3) is 5.91 Å². The molecule has 0 atom stereocenters. The van der Waals surface area contributed by atoms with Gasteiger partial charge >= 0.3 is 0 Å². The van der Waals surface area contributed by atoms with Gasteiger partial charge in [0.2, 0.25) is 0 Å². The second-order valence-corrected chi connectivity index (χ2v) is 5.74. The number of nitrogens with one attached hydrogen (secondary N) is 1. The Kier molecular flexibility index (Phi) is 4.94. The molecule has 0 saturated carbocycles. The van der Waals surface area contributed by atoms with E-state index in [1.54, 1.807) is 10.9 Å². The molecule has 2 rings (SSSR count). The molecule has 0 bridgehead atoms. The molecule has 0 aromatic carbocycles. The monoisotopic (exact) mass is 339 g/mol. The van der Waals surface area contributed by atoms with E-state index in [4.69, 9.17) is 0 Å². The zero-order valence-corrected chi connectivity index (χ0v) is 13.2. The minimum absolute atomic E-state index is 0.0528. The summed E-state index contributed by atoms with van der Waals surface area (Å²) in [4.78, 5) is 12.2. The number of carbonyl (C=O) groups is 1. The molecule has 0 aliphatic heterocycles. The first-order chi connectivity index (χ1) is 9.58. The van der Waals surface area contributed by atoms with E-state index >= 15 is 0 Å². The Balaban J connectivity index is 1.85. The fraction of sp³-hybridized carbons (Fsp3) is 0.462. The maximum atomic E-state index is 12.2. The third kappa shape index (κ3) is 3.69. The predicted octanol–water partition coefficient (Wildman–Crippen LogP) is 2.24. The van der Waals surface area contributed by atoms with Gasteiger partial charge in [0.05, 0.1) is 6.20 Å². The Morgan fingerprint density at radius 3 is 2.95 bits per heavy atom. The number of aromatic nitrogens is 4. The maximum Gasteiger partial charge on any atom is 0.267 e. The Morgan fingerprint density at radius 1 is 1.50 bits per heavy atom. The largest absolute Gasteiger partial charge is 0.351 e. The van der Waals surface area contributed by atoms with Gasteiger partial charge in [0.1, 0.15) is 5.69 Å². The molecule has 20 heavy (non-hydrogen) atoms. The van der Waals surface area contributed by atoms with Crippen LogP contribution < -0.4 is 5.32 Å². The number of aryl methyl sites for hydroxylation is 1. The van der Waals surface area contributed by atoms with Crippen LogP contribution in [0.4, 0.5) is 0 Å². The third-order valence-corrected chi connectivity index (χ3v) is 3.36. The zero-order chi connectivity index (χ0) is 14.5. The van der Waals surface area contributed by atoms with Crippen LogP contribution in [0.25, 0.3) is 0 Å². The number of nitrogens with zero attached hydrogens (tertiary/aromatic N) is 4. The summed E-state index contributed by atoms with van der Waals surface area (Å²) in [7, 11) is 0. The molecule has 0 aliphatic carbocycles. The van der Waals surface area contributed by atoms with E-state index < -0.39 is 0 Å². The summed E-state index contributed by atoms with van der Waals surface area (Å²) in [6.07, 6.45) is 6.20. The molecule has 0 fully saturated rings. The van der Waals surface area contributed by atoms with Gasteiger partial charge in [-0.05, 0) is 42.3 Å². The first kappa shape index (κ1) is 14.8. The van der Waals surface area contributed by atoms with Crippen LogP contribution in [-0.2, 0) is 6.54 Å². The van der Waals surface area contributed by atoms with Crippen molar-refractivity contribution in [2.24, 2.45) is 0 Å². The Morgan fingerprint density at radius 2 is 2.30 bits per heavy atom. The van der Waals surface area contributed by atoms with Crippen molar-refractivity contribution in [3.8, 4) is 0 Å². The second-order valence-electron chi connectivity index (χ2n) is 4.82. The van der Waals surface area contributed by atoms with Crippen molar-refractivity contribution in [1.82, 2.24) is 24.9 Å². The minimum Gasteiger partial charge on any atom is -0.351 e. The lowest BCUT2D eigenvalue weighted by Crippen LogP contribution is -2.27. The van der Waals surface area contributed by atoms with Crippen LogP contribution in [0.2, 0.25) is 0 Å². The molecule has 108 valence electrons. The molecule has 0 saturated heterocycles. The van der Waals surface area contributed by atoms with Crippen LogP contribution in [0.5, 0.6) is 0 Å². The molecule has 0 radical (unpaired) electrons. The van der Waals surface area contributed by atoms with Crippen molar-refractivity contribution < 1.29 is 4.79 Å². The van der Waals surface area contributed by atoms with E-state index in [0.29, 0.717) is 12.2 Å². The average molecular weight is 340 g/mol. The highest BCUT2D eigenvalue weighted by molar-refractivity contribution is 9.10. The molecular formula is C13H18BrN5O. The number of hydrogen-bond donors (Lipinski definition) is 1. The summed E-state index contributed by atoms with van der Waals surface area (Å²) in [6, 6.07) is 2.09. The Hall–Kier alpha value is -1.63. The normalized spacial score (nSPS) is 11.0. The SMILES string of the molecule is CC(C)n1cc(Br)cc1C(=O)NCCCn1ccnn1. The molecular weight excluding hydrogens is 322 g/mol. The van der Waals surface area contributed by atoms with Crippen LogP contribution in [0.15, 0.2) is 29.1 Å². The van der Waals surface area contributed by atoms with Crippen molar-refractivity contribution in [1.29, 1.82) is 0 Å². The first-order valence-electron chi connectivity index (χ1n) is 6.57. The predicted molar refractivity (Wildman–Crippen MR) is 79.5 cm³/mol. The quantitative estimate of drug-likeness (QED) is 0.821. The molecule has 6 nitrogen and oxygen atoms in total. The molecule has 7 heteroatoms. The number of amides is 1. The van der Waals surface area contributed by atoms with Crippen LogP contribution >= 0.6 is 15.9 Å². The summed E-state index contributed by atoms with van der Waals surface area (Å²) in [5.74, 6) is -0.0528. The molecule has 0 unspecified atom stereocenters. The van der Waals surface area contributed by atoms with E-state index in [-0.39, 0.29) is 11.9 Å². The lowest BCUT2D eigenvalue weighted by atomic mass is 10.3. The molecule has 0 spiro atoms. The molecule has 2 aromatic rings. The van der Waals surface area contributed by atoms with Crippen LogP contribution in [-0.4, -0.2) is 32.0 Å². The number of rotatable bonds is 6. The van der Waals surface area contributed by atoms with Gasteiger partial charge in [0, 0.05) is 36.0 Å². The van der Waals surface area contributed by atoms with Crippen LogP contribution in [0.1, 0.15) is 36.8 Å². The summed E-state index contributed by atoms with van der Waals surface area (Å²) in [5.41, 5.74) is 0.674. The number of hydrogen-bond acceptors (Lipinski definition) is 3. The van der Waals surface area contributed by atoms with E-state index in [9.17, 15) is 4.79 Å². The Bertz CT molecular complexity index is 561. The van der Waals surface area contributed by atoms with Crippen molar-refractivity contribution >= 4 is 21.8 Å². The summed E-state index contributed by atoms with van der Waals surface area (Å²) in [6.45, 7) is 5.45. The fourth-order valence-electron chi connectivity index (χ4n) is 1.94. The summed E-state index contributed by atoms with van der Waals surface area (Å²) < 4.78 is 4.62. The standard InChI is InChI=1S/C13H18BrN5O/c1-10(2)19-9-11(14)8-12(19)13(20)15-4-3-6-18-7-5-16-17-18/h5,7-10H,3-4,6H2,1-2H3,(H,15,20). The zero-order valence-electron chi connectivity index (χ0n) is 11.6. The lowest BCUT2D eigenvalue weighted by molar-refractivity contribution is 0.0942. The van der Waals surface area contributed by atoms with Crippen LogP contribution in [0, 0.1) is 0 Å². The maximum absolute atomic E-state index is 12.2. The smallest absolute Gasteiger partial charge is 0.267 e. The first-order valence-corrected chi connectivity index (χ1v) is 7.37. The molecule has 2 heterocycles. The highest BCUT2D eigenvalue weighted by Gasteiger charge is 2.14. The highest BCUT2D eigenvalue weighted by Crippen LogP contribution is 2.19. The molecule has 2 aromatic heterocycles. The van der Waals surface area contributed by atoms with E-state index in [0.717, 1.165) is 17.4 Å². The molecule has 0 aliphatic rings. The van der Waals surface area contributed by atoms with E-state index in [1.807, 2.05) is 36.9 Å². The fourth-order valence-corrected chi connectivity index (χ4v) is 2.38. The van der Waals surface area contributed by atoms with Gasteiger partial charge in [-0.1, -0.05) is 5.21 Å². The third-order valence-electron chi connectivity index (χ3n) is 2.93. The van der Waals surface area contributed by atoms with E-state index in [2.05, 4.69) is 31.6 Å². The van der Waals surface area contributed by atoms with E-state index in [1.165, 1.54) is 0 Å². The number of halogens is 1.